The van der Waals surface area contributed by atoms with Crippen LogP contribution in [-0.4, -0.2) is 34.0 Å². The van der Waals surface area contributed by atoms with Gasteiger partial charge < -0.3 is 15.8 Å². The number of aromatic nitrogens is 1. The van der Waals surface area contributed by atoms with Crippen LogP contribution in [0.1, 0.15) is 25.8 Å². The zero-order valence-corrected chi connectivity index (χ0v) is 11.1. The molecule has 8 heteroatoms. The van der Waals surface area contributed by atoms with E-state index in [0.29, 0.717) is 0 Å². The van der Waals surface area contributed by atoms with E-state index in [1.54, 1.807) is 11.9 Å². The summed E-state index contributed by atoms with van der Waals surface area (Å²) < 4.78 is 0. The lowest BCUT2D eigenvalue weighted by molar-refractivity contribution is -0.384. The largest absolute Gasteiger partial charge is 0.409 e. The molecular formula is C11H17N5O3. The first-order chi connectivity index (χ1) is 8.92. The van der Waals surface area contributed by atoms with Crippen molar-refractivity contribution in [1.29, 1.82) is 0 Å². The third-order valence-electron chi connectivity index (χ3n) is 3.03. The van der Waals surface area contributed by atoms with Crippen LogP contribution in [0.4, 0.5) is 11.5 Å². The minimum absolute atomic E-state index is 0.112. The first kappa shape index (κ1) is 14.7. The molecule has 1 aromatic heterocycles. The number of nitro groups is 1. The summed E-state index contributed by atoms with van der Waals surface area (Å²) in [6.45, 7) is 3.93. The Morgan fingerprint density at radius 2 is 2.37 bits per heavy atom. The Labute approximate surface area is 110 Å². The second-order valence-corrected chi connectivity index (χ2v) is 4.18. The van der Waals surface area contributed by atoms with Crippen molar-refractivity contribution in [1.82, 2.24) is 4.98 Å². The van der Waals surface area contributed by atoms with Gasteiger partial charge in [-0.2, -0.15) is 0 Å². The average Bonchev–Trinajstić information content (AvgIpc) is 2.43. The van der Waals surface area contributed by atoms with Gasteiger partial charge in [-0.3, -0.25) is 10.1 Å². The number of nitrogens with two attached hydrogens (primary N) is 1. The number of anilines is 1. The third-order valence-corrected chi connectivity index (χ3v) is 3.03. The summed E-state index contributed by atoms with van der Waals surface area (Å²) >= 11 is 0. The number of rotatable bonds is 5. The predicted octanol–water partition coefficient (Wildman–Crippen LogP) is 1.32. The van der Waals surface area contributed by atoms with E-state index in [1.807, 2.05) is 13.8 Å². The normalized spacial score (nSPS) is 13.1. The molecule has 0 spiro atoms. The molecule has 0 bridgehead atoms. The van der Waals surface area contributed by atoms with Gasteiger partial charge in [-0.05, 0) is 13.3 Å². The topological polar surface area (TPSA) is 118 Å². The van der Waals surface area contributed by atoms with Crippen molar-refractivity contribution < 1.29 is 10.1 Å². The molecule has 0 radical (unpaired) electrons. The van der Waals surface area contributed by atoms with Crippen LogP contribution in [0.25, 0.3) is 0 Å². The lowest BCUT2D eigenvalue weighted by atomic mass is 10.2. The van der Waals surface area contributed by atoms with Gasteiger partial charge in [0.2, 0.25) is 5.82 Å². The van der Waals surface area contributed by atoms with Gasteiger partial charge in [0.25, 0.3) is 0 Å². The van der Waals surface area contributed by atoms with Crippen molar-refractivity contribution >= 4 is 17.3 Å². The van der Waals surface area contributed by atoms with Crippen LogP contribution in [0.5, 0.6) is 0 Å². The van der Waals surface area contributed by atoms with Crippen molar-refractivity contribution in [3.8, 4) is 0 Å². The molecule has 0 aromatic carbocycles. The Hall–Kier alpha value is -2.38. The molecule has 0 aliphatic heterocycles. The fourth-order valence-corrected chi connectivity index (χ4v) is 1.53. The van der Waals surface area contributed by atoms with Gasteiger partial charge in [0.15, 0.2) is 5.84 Å². The van der Waals surface area contributed by atoms with Gasteiger partial charge in [-0.1, -0.05) is 12.1 Å². The molecule has 1 rings (SSSR count). The number of hydrogen-bond acceptors (Lipinski definition) is 6. The van der Waals surface area contributed by atoms with E-state index in [2.05, 4.69) is 10.1 Å². The molecule has 19 heavy (non-hydrogen) atoms. The average molecular weight is 267 g/mol. The van der Waals surface area contributed by atoms with Crippen LogP contribution < -0.4 is 10.6 Å². The Kier molecular flexibility index (Phi) is 4.62. The van der Waals surface area contributed by atoms with E-state index in [4.69, 9.17) is 10.9 Å². The van der Waals surface area contributed by atoms with E-state index in [-0.39, 0.29) is 28.9 Å². The summed E-state index contributed by atoms with van der Waals surface area (Å²) in [4.78, 5) is 16.3. The third kappa shape index (κ3) is 3.09. The monoisotopic (exact) mass is 267 g/mol. The van der Waals surface area contributed by atoms with Gasteiger partial charge in [0.05, 0.1) is 4.92 Å². The number of nitrogens with zero attached hydrogens (tertiary/aromatic N) is 4. The summed E-state index contributed by atoms with van der Waals surface area (Å²) in [5, 5.41) is 22.5. The molecule has 3 N–H and O–H groups in total. The van der Waals surface area contributed by atoms with Gasteiger partial charge in [-0.25, -0.2) is 4.98 Å². The summed E-state index contributed by atoms with van der Waals surface area (Å²) in [6.07, 6.45) is 2.17. The Morgan fingerprint density at radius 1 is 1.74 bits per heavy atom. The predicted molar refractivity (Wildman–Crippen MR) is 71.6 cm³/mol. The quantitative estimate of drug-likeness (QED) is 0.273. The molecule has 1 atom stereocenters. The van der Waals surface area contributed by atoms with E-state index >= 15 is 0 Å². The molecule has 104 valence electrons. The highest BCUT2D eigenvalue weighted by molar-refractivity contribution is 5.97. The standard InChI is InChI=1S/C11H17N5O3/c1-4-7(2)15(3)11-9(16(18)19)5-8(6-13-11)10(12)14-17/h5-7,17H,4H2,1-3H3,(H2,12,14). The van der Waals surface area contributed by atoms with Crippen molar-refractivity contribution in [3.63, 3.8) is 0 Å². The van der Waals surface area contributed by atoms with Crippen molar-refractivity contribution in [2.75, 3.05) is 11.9 Å². The van der Waals surface area contributed by atoms with Crippen LogP contribution in [-0.2, 0) is 0 Å². The Morgan fingerprint density at radius 3 is 2.84 bits per heavy atom. The zero-order chi connectivity index (χ0) is 14.6. The molecule has 1 heterocycles. The molecule has 0 aliphatic rings. The molecule has 0 saturated heterocycles. The number of hydrogen-bond donors (Lipinski definition) is 2. The maximum Gasteiger partial charge on any atom is 0.312 e. The van der Waals surface area contributed by atoms with Crippen molar-refractivity contribution in [3.05, 3.63) is 27.9 Å². The number of amidine groups is 1. The SMILES string of the molecule is CCC(C)N(C)c1ncc(C(N)=NO)cc1[N+](=O)[O-]. The molecule has 1 unspecified atom stereocenters. The van der Waals surface area contributed by atoms with Crippen LogP contribution in [0.3, 0.4) is 0 Å². The molecule has 0 amide bonds. The van der Waals surface area contributed by atoms with Crippen LogP contribution in [0.2, 0.25) is 0 Å². The van der Waals surface area contributed by atoms with Crippen LogP contribution in [0, 0.1) is 10.1 Å². The zero-order valence-electron chi connectivity index (χ0n) is 11.1. The first-order valence-corrected chi connectivity index (χ1v) is 5.77. The molecule has 0 aliphatic carbocycles. The number of oxime groups is 1. The van der Waals surface area contributed by atoms with E-state index < -0.39 is 4.92 Å². The smallest absolute Gasteiger partial charge is 0.312 e. The summed E-state index contributed by atoms with van der Waals surface area (Å²) in [5.41, 5.74) is 5.43. The van der Waals surface area contributed by atoms with Gasteiger partial charge in [0, 0.05) is 30.9 Å². The molecule has 0 fully saturated rings. The summed E-state index contributed by atoms with van der Waals surface area (Å²) in [7, 11) is 1.74. The lowest BCUT2D eigenvalue weighted by Crippen LogP contribution is -2.29. The minimum atomic E-state index is -0.532. The summed E-state index contributed by atoms with van der Waals surface area (Å²) in [5.74, 6) is 0.0437. The second kappa shape index (κ2) is 5.98. The minimum Gasteiger partial charge on any atom is -0.409 e. The molecule has 0 saturated carbocycles. The Bertz CT molecular complexity index is 503. The summed E-state index contributed by atoms with van der Waals surface area (Å²) in [6, 6.07) is 1.36. The maximum absolute atomic E-state index is 11.1. The maximum atomic E-state index is 11.1. The Balaban J connectivity index is 3.30. The van der Waals surface area contributed by atoms with Gasteiger partial charge in [0.1, 0.15) is 0 Å². The molecule has 8 nitrogen and oxygen atoms in total. The molecular weight excluding hydrogens is 250 g/mol. The van der Waals surface area contributed by atoms with Crippen LogP contribution >= 0.6 is 0 Å². The fourth-order valence-electron chi connectivity index (χ4n) is 1.53. The van der Waals surface area contributed by atoms with Crippen LogP contribution in [0.15, 0.2) is 17.4 Å². The highest BCUT2D eigenvalue weighted by Gasteiger charge is 2.22. The van der Waals surface area contributed by atoms with Gasteiger partial charge in [-0.15, -0.1) is 0 Å². The first-order valence-electron chi connectivity index (χ1n) is 5.77. The van der Waals surface area contributed by atoms with E-state index in [0.717, 1.165) is 6.42 Å². The second-order valence-electron chi connectivity index (χ2n) is 4.18. The van der Waals surface area contributed by atoms with Crippen molar-refractivity contribution in [2.24, 2.45) is 10.9 Å². The highest BCUT2D eigenvalue weighted by atomic mass is 16.6. The lowest BCUT2D eigenvalue weighted by Gasteiger charge is -2.24. The van der Waals surface area contributed by atoms with E-state index in [1.165, 1.54) is 12.3 Å². The fraction of sp³-hybridized carbons (Fsp3) is 0.455. The highest BCUT2D eigenvalue weighted by Crippen LogP contribution is 2.27. The van der Waals surface area contributed by atoms with Gasteiger partial charge >= 0.3 is 5.69 Å². The number of pyridine rings is 1. The van der Waals surface area contributed by atoms with E-state index in [9.17, 15) is 10.1 Å². The molecule has 1 aromatic rings. The van der Waals surface area contributed by atoms with Crippen molar-refractivity contribution in [2.45, 2.75) is 26.3 Å².